The molecule has 2 heterocycles. The van der Waals surface area contributed by atoms with E-state index in [1.807, 2.05) is 4.72 Å². The molecule has 8 nitrogen and oxygen atoms in total. The van der Waals surface area contributed by atoms with Crippen LogP contribution in [0.2, 0.25) is 0 Å². The average Bonchev–Trinajstić information content (AvgIpc) is 2.89. The predicted molar refractivity (Wildman–Crippen MR) is 64.2 cm³/mol. The minimum absolute atomic E-state index is 0.0366. The topological polar surface area (TPSA) is 109 Å². The van der Waals surface area contributed by atoms with Gasteiger partial charge in [0.15, 0.2) is 12.2 Å². The molecule has 0 saturated carbocycles. The zero-order valence-corrected chi connectivity index (χ0v) is 10.9. The summed E-state index contributed by atoms with van der Waals surface area (Å²) in [6.45, 7) is 1.80. The minimum Gasteiger partial charge on any atom is -0.444 e. The molecule has 2 N–H and O–H groups in total. The molecule has 2 aromatic heterocycles. The van der Waals surface area contributed by atoms with Gasteiger partial charge in [-0.2, -0.15) is 13.1 Å². The lowest BCUT2D eigenvalue weighted by molar-refractivity contribution is -0.772. The average molecular weight is 285 g/mol. The Kier molecular flexibility index (Phi) is 3.88. The Balaban J connectivity index is 2.06. The Labute approximate surface area is 110 Å². The molecule has 0 saturated heterocycles. The lowest BCUT2D eigenvalue weighted by atomic mass is 10.3. The van der Waals surface area contributed by atoms with Crippen LogP contribution < -0.4 is 9.40 Å². The third kappa shape index (κ3) is 3.81. The summed E-state index contributed by atoms with van der Waals surface area (Å²) in [6, 6.07) is 1.50. The number of nitrogens with zero attached hydrogens (tertiary/aromatic N) is 3. The maximum atomic E-state index is 10.6. The molecule has 0 aromatic carbocycles. The summed E-state index contributed by atoms with van der Waals surface area (Å²) in [6.07, 6.45) is 6.25. The fourth-order valence-electron chi connectivity index (χ4n) is 1.44. The van der Waals surface area contributed by atoms with E-state index >= 15 is 0 Å². The van der Waals surface area contributed by atoms with Gasteiger partial charge in [-0.1, -0.05) is 4.68 Å². The predicted octanol–water partition coefficient (Wildman–Crippen LogP) is -0.0225. The van der Waals surface area contributed by atoms with Crippen LogP contribution in [0.1, 0.15) is 13.0 Å². The van der Waals surface area contributed by atoms with E-state index in [2.05, 4.69) is 10.1 Å². The van der Waals surface area contributed by atoms with Crippen LogP contribution in [0.4, 0.5) is 0 Å². The molecule has 1 unspecified atom stereocenters. The van der Waals surface area contributed by atoms with E-state index < -0.39 is 10.3 Å². The molecule has 19 heavy (non-hydrogen) atoms. The maximum Gasteiger partial charge on any atom is 0.333 e. The van der Waals surface area contributed by atoms with Gasteiger partial charge in [-0.15, -0.1) is 0 Å². The summed E-state index contributed by atoms with van der Waals surface area (Å²) in [5.74, 6) is 0.461. The van der Waals surface area contributed by atoms with E-state index in [1.54, 1.807) is 30.1 Å². The van der Waals surface area contributed by atoms with Crippen LogP contribution in [0.25, 0.3) is 11.5 Å². The number of hydrogen-bond donors (Lipinski definition) is 2. The van der Waals surface area contributed by atoms with Gasteiger partial charge in [0, 0.05) is 13.0 Å². The van der Waals surface area contributed by atoms with Gasteiger partial charge in [0.05, 0.1) is 18.3 Å². The molecule has 1 atom stereocenters. The second-order valence-corrected chi connectivity index (χ2v) is 5.14. The van der Waals surface area contributed by atoms with E-state index in [9.17, 15) is 8.42 Å². The van der Waals surface area contributed by atoms with Crippen molar-refractivity contribution in [2.45, 2.75) is 13.0 Å². The van der Waals surface area contributed by atoms with Crippen LogP contribution in [0.15, 0.2) is 35.3 Å². The third-order valence-corrected chi connectivity index (χ3v) is 2.96. The largest absolute Gasteiger partial charge is 0.444 e. The van der Waals surface area contributed by atoms with Crippen LogP contribution in [0.3, 0.4) is 0 Å². The molecule has 2 rings (SSSR count). The monoisotopic (exact) mass is 285 g/mol. The lowest BCUT2D eigenvalue weighted by Gasteiger charge is -2.04. The van der Waals surface area contributed by atoms with Crippen molar-refractivity contribution in [3.8, 4) is 11.5 Å². The molecule has 0 aliphatic heterocycles. The highest BCUT2D eigenvalue weighted by Crippen LogP contribution is 2.13. The van der Waals surface area contributed by atoms with Gasteiger partial charge in [-0.3, -0.25) is 4.55 Å². The van der Waals surface area contributed by atoms with Gasteiger partial charge >= 0.3 is 10.3 Å². The van der Waals surface area contributed by atoms with Crippen molar-refractivity contribution < 1.29 is 22.1 Å². The first kappa shape index (κ1) is 13.6. The number of nitrogens with one attached hydrogen (secondary N) is 1. The first-order valence-electron chi connectivity index (χ1n) is 5.45. The summed E-state index contributed by atoms with van der Waals surface area (Å²) in [5.41, 5.74) is 0.719. The van der Waals surface area contributed by atoms with Gasteiger partial charge in [0.1, 0.15) is 12.5 Å². The molecule has 102 valence electrons. The highest BCUT2D eigenvalue weighted by atomic mass is 32.2. The Bertz CT molecular complexity index is 624. The smallest absolute Gasteiger partial charge is 0.333 e. The second-order valence-electron chi connectivity index (χ2n) is 3.91. The normalized spacial score (nSPS) is 13.4. The van der Waals surface area contributed by atoms with Crippen LogP contribution in [-0.2, 0) is 10.3 Å². The number of aromatic nitrogens is 3. The summed E-state index contributed by atoms with van der Waals surface area (Å²) < 4.78 is 38.4. The fourth-order valence-corrected chi connectivity index (χ4v) is 1.89. The van der Waals surface area contributed by atoms with E-state index in [-0.39, 0.29) is 12.6 Å². The van der Waals surface area contributed by atoms with Crippen molar-refractivity contribution in [1.82, 2.24) is 14.8 Å². The number of rotatable bonds is 5. The van der Waals surface area contributed by atoms with Crippen molar-refractivity contribution in [2.75, 3.05) is 6.54 Å². The maximum absolute atomic E-state index is 10.6. The first-order chi connectivity index (χ1) is 8.96. The minimum atomic E-state index is -4.19. The molecule has 0 bridgehead atoms. The van der Waals surface area contributed by atoms with Crippen LogP contribution in [0.5, 0.6) is 0 Å². The molecule has 0 amide bonds. The van der Waals surface area contributed by atoms with Gasteiger partial charge < -0.3 is 4.42 Å². The molecule has 0 aliphatic carbocycles. The highest BCUT2D eigenvalue weighted by molar-refractivity contribution is 7.83. The van der Waals surface area contributed by atoms with E-state index in [0.717, 1.165) is 5.56 Å². The van der Waals surface area contributed by atoms with Crippen LogP contribution in [0, 0.1) is 0 Å². The quantitative estimate of drug-likeness (QED) is 0.590. The first-order valence-corrected chi connectivity index (χ1v) is 6.89. The number of hydrogen-bond acceptors (Lipinski definition) is 5. The zero-order chi connectivity index (χ0) is 13.9. The highest BCUT2D eigenvalue weighted by Gasteiger charge is 2.17. The van der Waals surface area contributed by atoms with Crippen LogP contribution in [-0.4, -0.2) is 29.6 Å². The van der Waals surface area contributed by atoms with E-state index in [1.165, 1.54) is 12.5 Å². The van der Waals surface area contributed by atoms with Crippen molar-refractivity contribution in [3.63, 3.8) is 0 Å². The molecular weight excluding hydrogens is 272 g/mol. The Hall–Kier alpha value is -1.84. The number of oxazole rings is 1. The van der Waals surface area contributed by atoms with Crippen molar-refractivity contribution in [3.05, 3.63) is 30.9 Å². The molecule has 2 aromatic rings. The molecule has 0 spiro atoms. The van der Waals surface area contributed by atoms with Gasteiger partial charge in [-0.25, -0.2) is 4.98 Å². The third-order valence-electron chi connectivity index (χ3n) is 2.43. The van der Waals surface area contributed by atoms with Crippen molar-refractivity contribution in [1.29, 1.82) is 0 Å². The van der Waals surface area contributed by atoms with E-state index in [4.69, 9.17) is 8.97 Å². The van der Waals surface area contributed by atoms with Crippen LogP contribution >= 0.6 is 0 Å². The zero-order valence-electron chi connectivity index (χ0n) is 10.1. The molecule has 9 heteroatoms. The molecule has 0 radical (unpaired) electrons. The SMILES string of the molecule is CC(CNS(=O)(=O)O)[n+]1ccc(-c2ncco2)cn1. The Morgan fingerprint density at radius 1 is 1.58 bits per heavy atom. The standard InChI is InChI=1S/C10H12N4O4S/c1-8(6-13-19(15,16)17)14-4-2-9(7-12-14)10-11-3-5-18-10/h2-5,7-8,13H,6H2,1H3/p+1. The molecule has 0 aliphatic rings. The Morgan fingerprint density at radius 2 is 2.37 bits per heavy atom. The van der Waals surface area contributed by atoms with Crippen molar-refractivity contribution >= 4 is 10.3 Å². The van der Waals surface area contributed by atoms with Gasteiger partial charge in [0.25, 0.3) is 0 Å². The van der Waals surface area contributed by atoms with E-state index in [0.29, 0.717) is 5.89 Å². The summed E-state index contributed by atoms with van der Waals surface area (Å²) in [4.78, 5) is 3.99. The second kappa shape index (κ2) is 5.43. The summed E-state index contributed by atoms with van der Waals surface area (Å²) in [7, 11) is -4.19. The van der Waals surface area contributed by atoms with Gasteiger partial charge in [0.2, 0.25) is 5.89 Å². The van der Waals surface area contributed by atoms with Crippen molar-refractivity contribution in [2.24, 2.45) is 0 Å². The summed E-state index contributed by atoms with van der Waals surface area (Å²) in [5, 5.41) is 4.14. The van der Waals surface area contributed by atoms with Gasteiger partial charge in [-0.05, 0) is 5.10 Å². The lowest BCUT2D eigenvalue weighted by Crippen LogP contribution is -2.46. The summed E-state index contributed by atoms with van der Waals surface area (Å²) >= 11 is 0. The Morgan fingerprint density at radius 3 is 2.89 bits per heavy atom. The fraction of sp³-hybridized carbons (Fsp3) is 0.300. The molecule has 0 fully saturated rings. The molecular formula is C10H13N4O4S+.